The zero-order chi connectivity index (χ0) is 24.1. The van der Waals surface area contributed by atoms with Crippen molar-refractivity contribution in [2.75, 3.05) is 32.1 Å². The molecular formula is C20H25F2N3O6S. The first-order chi connectivity index (χ1) is 15.0. The second kappa shape index (κ2) is 10.6. The third-order valence-electron chi connectivity index (χ3n) is 4.76. The van der Waals surface area contributed by atoms with E-state index in [1.165, 1.54) is 41.7 Å². The SMILES string of the molecule is CCN(CC)S(=O)(=O)c1ccc(N(C)Cc2ccc(OC(F)F)c(OC)c2)c([N+](=O)[O-])c1. The minimum atomic E-state index is -3.86. The molecule has 0 aliphatic carbocycles. The van der Waals surface area contributed by atoms with Gasteiger partial charge < -0.3 is 14.4 Å². The quantitative estimate of drug-likeness (QED) is 0.361. The summed E-state index contributed by atoms with van der Waals surface area (Å²) >= 11 is 0. The molecule has 12 heteroatoms. The van der Waals surface area contributed by atoms with Gasteiger partial charge in [0.15, 0.2) is 11.5 Å². The lowest BCUT2D eigenvalue weighted by Crippen LogP contribution is -2.30. The van der Waals surface area contributed by atoms with Crippen molar-refractivity contribution in [3.05, 3.63) is 52.1 Å². The second-order valence-electron chi connectivity index (χ2n) is 6.72. The second-order valence-corrected chi connectivity index (χ2v) is 8.65. The molecule has 0 aliphatic rings. The van der Waals surface area contributed by atoms with E-state index in [1.54, 1.807) is 25.8 Å². The molecule has 0 unspecified atom stereocenters. The van der Waals surface area contributed by atoms with Gasteiger partial charge >= 0.3 is 6.61 Å². The number of benzene rings is 2. The van der Waals surface area contributed by atoms with Crippen LogP contribution >= 0.6 is 0 Å². The summed E-state index contributed by atoms with van der Waals surface area (Å²) in [5.74, 6) is -0.0443. The monoisotopic (exact) mass is 473 g/mol. The first kappa shape index (κ1) is 25.3. The number of rotatable bonds is 11. The molecule has 0 radical (unpaired) electrons. The maximum Gasteiger partial charge on any atom is 0.387 e. The smallest absolute Gasteiger partial charge is 0.387 e. The molecule has 0 saturated heterocycles. The topological polar surface area (TPSA) is 102 Å². The number of alkyl halides is 2. The van der Waals surface area contributed by atoms with Gasteiger partial charge in [-0.05, 0) is 29.8 Å². The highest BCUT2D eigenvalue weighted by molar-refractivity contribution is 7.89. The van der Waals surface area contributed by atoms with Crippen molar-refractivity contribution >= 4 is 21.4 Å². The molecular weight excluding hydrogens is 448 g/mol. The highest BCUT2D eigenvalue weighted by Gasteiger charge is 2.27. The summed E-state index contributed by atoms with van der Waals surface area (Å²) in [6.45, 7) is 0.996. The van der Waals surface area contributed by atoms with Gasteiger partial charge in [0.2, 0.25) is 10.0 Å². The van der Waals surface area contributed by atoms with Crippen LogP contribution in [0.15, 0.2) is 41.3 Å². The summed E-state index contributed by atoms with van der Waals surface area (Å²) in [6.07, 6.45) is 0. The fourth-order valence-corrected chi connectivity index (χ4v) is 4.69. The van der Waals surface area contributed by atoms with E-state index in [1.807, 2.05) is 0 Å². The maximum atomic E-state index is 12.7. The van der Waals surface area contributed by atoms with E-state index < -0.39 is 21.6 Å². The minimum Gasteiger partial charge on any atom is -0.493 e. The highest BCUT2D eigenvalue weighted by atomic mass is 32.2. The summed E-state index contributed by atoms with van der Waals surface area (Å²) in [6, 6.07) is 8.08. The fourth-order valence-electron chi connectivity index (χ4n) is 3.21. The number of hydrogen-bond acceptors (Lipinski definition) is 7. The summed E-state index contributed by atoms with van der Waals surface area (Å²) in [7, 11) is -0.963. The van der Waals surface area contributed by atoms with Gasteiger partial charge in [-0.2, -0.15) is 13.1 Å². The van der Waals surface area contributed by atoms with Gasteiger partial charge in [-0.15, -0.1) is 0 Å². The molecule has 0 fully saturated rings. The van der Waals surface area contributed by atoms with E-state index in [2.05, 4.69) is 4.74 Å². The molecule has 0 N–H and O–H groups in total. The Labute approximate surface area is 185 Å². The van der Waals surface area contributed by atoms with Crippen LogP contribution < -0.4 is 14.4 Å². The van der Waals surface area contributed by atoms with Gasteiger partial charge in [-0.3, -0.25) is 10.1 Å². The number of anilines is 1. The van der Waals surface area contributed by atoms with E-state index in [0.717, 1.165) is 6.07 Å². The first-order valence-corrected chi connectivity index (χ1v) is 11.1. The Morgan fingerprint density at radius 1 is 1.09 bits per heavy atom. The number of nitrogens with zero attached hydrogens (tertiary/aromatic N) is 3. The van der Waals surface area contributed by atoms with Crippen LogP contribution in [0.5, 0.6) is 11.5 Å². The molecule has 0 bridgehead atoms. The third kappa shape index (κ3) is 5.62. The molecule has 176 valence electrons. The Balaban J connectivity index is 2.38. The van der Waals surface area contributed by atoms with Crippen molar-refractivity contribution < 1.29 is 31.6 Å². The van der Waals surface area contributed by atoms with Crippen molar-refractivity contribution in [2.24, 2.45) is 0 Å². The number of hydrogen-bond donors (Lipinski definition) is 0. The number of nitro benzene ring substituents is 1. The number of halogens is 2. The summed E-state index contributed by atoms with van der Waals surface area (Å²) < 4.78 is 61.2. The first-order valence-electron chi connectivity index (χ1n) is 9.66. The van der Waals surface area contributed by atoms with Crippen molar-refractivity contribution in [3.8, 4) is 11.5 Å². The number of sulfonamides is 1. The van der Waals surface area contributed by atoms with Crippen LogP contribution in [0.2, 0.25) is 0 Å². The lowest BCUT2D eigenvalue weighted by molar-refractivity contribution is -0.384. The molecule has 2 rings (SSSR count). The lowest BCUT2D eigenvalue weighted by atomic mass is 10.1. The molecule has 0 atom stereocenters. The van der Waals surface area contributed by atoms with Gasteiger partial charge in [-0.1, -0.05) is 19.9 Å². The van der Waals surface area contributed by atoms with Crippen LogP contribution in [0.1, 0.15) is 19.4 Å². The molecule has 32 heavy (non-hydrogen) atoms. The van der Waals surface area contributed by atoms with E-state index in [9.17, 15) is 27.3 Å². The number of ether oxygens (including phenoxy) is 2. The Bertz CT molecular complexity index is 1060. The number of nitro groups is 1. The van der Waals surface area contributed by atoms with Gasteiger partial charge in [0.05, 0.1) is 16.9 Å². The van der Waals surface area contributed by atoms with Crippen LogP contribution in [0.3, 0.4) is 0 Å². The van der Waals surface area contributed by atoms with Gasteiger partial charge in [0.1, 0.15) is 5.69 Å². The molecule has 0 spiro atoms. The van der Waals surface area contributed by atoms with Gasteiger partial charge in [0, 0.05) is 32.7 Å². The average molecular weight is 473 g/mol. The van der Waals surface area contributed by atoms with Crippen LogP contribution in [0.4, 0.5) is 20.2 Å². The fraction of sp³-hybridized carbons (Fsp3) is 0.400. The summed E-state index contributed by atoms with van der Waals surface area (Å²) in [4.78, 5) is 12.4. The Morgan fingerprint density at radius 3 is 2.28 bits per heavy atom. The average Bonchev–Trinajstić information content (AvgIpc) is 2.74. The van der Waals surface area contributed by atoms with Gasteiger partial charge in [-0.25, -0.2) is 8.42 Å². The van der Waals surface area contributed by atoms with Gasteiger partial charge in [0.25, 0.3) is 5.69 Å². The summed E-state index contributed by atoms with van der Waals surface area (Å²) in [5.41, 5.74) is 0.436. The Morgan fingerprint density at radius 2 is 1.75 bits per heavy atom. The molecule has 0 amide bonds. The highest BCUT2D eigenvalue weighted by Crippen LogP contribution is 2.34. The maximum absolute atomic E-state index is 12.7. The predicted octanol–water partition coefficient (Wildman–Crippen LogP) is 3.87. The summed E-state index contributed by atoms with van der Waals surface area (Å²) in [5, 5.41) is 11.7. The zero-order valence-corrected chi connectivity index (χ0v) is 18.9. The van der Waals surface area contributed by atoms with E-state index in [4.69, 9.17) is 4.74 Å². The lowest BCUT2D eigenvalue weighted by Gasteiger charge is -2.22. The van der Waals surface area contributed by atoms with Crippen molar-refractivity contribution in [3.63, 3.8) is 0 Å². The van der Waals surface area contributed by atoms with Crippen LogP contribution in [0.25, 0.3) is 0 Å². The molecule has 0 heterocycles. The molecule has 0 aliphatic heterocycles. The predicted molar refractivity (Wildman–Crippen MR) is 115 cm³/mol. The van der Waals surface area contributed by atoms with Crippen molar-refractivity contribution in [1.29, 1.82) is 0 Å². The normalized spacial score (nSPS) is 11.6. The van der Waals surface area contributed by atoms with Crippen LogP contribution in [-0.2, 0) is 16.6 Å². The van der Waals surface area contributed by atoms with Crippen LogP contribution in [-0.4, -0.2) is 51.5 Å². The van der Waals surface area contributed by atoms with Crippen LogP contribution in [0, 0.1) is 10.1 Å². The Hall–Kier alpha value is -2.99. The Kier molecular flexibility index (Phi) is 8.33. The molecule has 0 aromatic heterocycles. The standard InChI is InChI=1S/C20H25F2N3O6S/c1-5-24(6-2)32(28,29)15-8-9-16(17(12-15)25(26)27)23(3)13-14-7-10-18(31-20(21)22)19(11-14)30-4/h7-12,20H,5-6,13H2,1-4H3. The number of methoxy groups -OCH3 is 1. The largest absolute Gasteiger partial charge is 0.493 e. The third-order valence-corrected chi connectivity index (χ3v) is 6.81. The minimum absolute atomic E-state index is 0.0892. The van der Waals surface area contributed by atoms with Crippen molar-refractivity contribution in [2.45, 2.75) is 31.9 Å². The van der Waals surface area contributed by atoms with Crippen molar-refractivity contribution in [1.82, 2.24) is 4.31 Å². The molecule has 9 nitrogen and oxygen atoms in total. The zero-order valence-electron chi connectivity index (χ0n) is 18.1. The molecule has 2 aromatic rings. The molecule has 0 saturated carbocycles. The van der Waals surface area contributed by atoms with E-state index >= 15 is 0 Å². The van der Waals surface area contributed by atoms with E-state index in [0.29, 0.717) is 5.56 Å². The molecule has 2 aromatic carbocycles. The van der Waals surface area contributed by atoms with E-state index in [-0.39, 0.29) is 47.4 Å².